The van der Waals surface area contributed by atoms with Crippen LogP contribution in [0.15, 0.2) is 24.5 Å². The number of aromatic nitrogens is 2. The van der Waals surface area contributed by atoms with Gasteiger partial charge in [-0.25, -0.2) is 9.97 Å². The second kappa shape index (κ2) is 8.04. The third-order valence-corrected chi connectivity index (χ3v) is 6.70. The first-order chi connectivity index (χ1) is 13.8. The van der Waals surface area contributed by atoms with E-state index in [0.717, 1.165) is 42.3 Å². The van der Waals surface area contributed by atoms with E-state index >= 15 is 0 Å². The number of hydrogen-bond donors (Lipinski definition) is 0. The fraction of sp³-hybridized carbons (Fsp3) is 0.600. The molecule has 0 bridgehead atoms. The van der Waals surface area contributed by atoms with Crippen molar-refractivity contribution in [1.29, 1.82) is 0 Å². The smallest absolute Gasteiger partial charge is 0.225 e. The van der Waals surface area contributed by atoms with Gasteiger partial charge in [-0.1, -0.05) is 0 Å². The first-order valence-electron chi connectivity index (χ1n) is 9.90. The molecule has 0 amide bonds. The van der Waals surface area contributed by atoms with Gasteiger partial charge >= 0.3 is 0 Å². The predicted octanol–water partition coefficient (Wildman–Crippen LogP) is 3.22. The monoisotopic (exact) mass is 403 g/mol. The molecule has 3 saturated heterocycles. The summed E-state index contributed by atoms with van der Waals surface area (Å²) in [4.78, 5) is 13.3. The number of hydrogen-bond acceptors (Lipinski definition) is 8. The van der Waals surface area contributed by atoms with Crippen molar-refractivity contribution in [1.82, 2.24) is 9.97 Å². The first kappa shape index (κ1) is 18.4. The fourth-order valence-corrected chi connectivity index (χ4v) is 5.21. The number of rotatable bonds is 4. The lowest BCUT2D eigenvalue weighted by atomic mass is 9.92. The van der Waals surface area contributed by atoms with Crippen molar-refractivity contribution >= 4 is 17.3 Å². The van der Waals surface area contributed by atoms with Gasteiger partial charge in [0.05, 0.1) is 30.8 Å². The fourth-order valence-electron chi connectivity index (χ4n) is 4.19. The van der Waals surface area contributed by atoms with Gasteiger partial charge in [-0.05, 0) is 37.8 Å². The van der Waals surface area contributed by atoms with Crippen LogP contribution in [0.2, 0.25) is 0 Å². The van der Waals surface area contributed by atoms with Crippen LogP contribution in [0.3, 0.4) is 0 Å². The van der Waals surface area contributed by atoms with Crippen molar-refractivity contribution in [2.45, 2.75) is 38.4 Å². The van der Waals surface area contributed by atoms with E-state index in [4.69, 9.17) is 18.9 Å². The highest BCUT2D eigenvalue weighted by atomic mass is 32.1. The van der Waals surface area contributed by atoms with Gasteiger partial charge in [0.25, 0.3) is 0 Å². The molecule has 150 valence electrons. The summed E-state index contributed by atoms with van der Waals surface area (Å²) in [6, 6.07) is 3.98. The van der Waals surface area contributed by atoms with Crippen molar-refractivity contribution in [3.05, 3.63) is 39.8 Å². The zero-order chi connectivity index (χ0) is 18.9. The highest BCUT2D eigenvalue weighted by Crippen LogP contribution is 2.42. The minimum absolute atomic E-state index is 0.129. The van der Waals surface area contributed by atoms with Crippen molar-refractivity contribution in [3.8, 4) is 0 Å². The van der Waals surface area contributed by atoms with Gasteiger partial charge in [-0.15, -0.1) is 11.3 Å². The van der Waals surface area contributed by atoms with Crippen LogP contribution in [-0.4, -0.2) is 49.0 Å². The zero-order valence-electron chi connectivity index (χ0n) is 16.0. The van der Waals surface area contributed by atoms with Crippen LogP contribution in [0.4, 0.5) is 5.95 Å². The largest absolute Gasteiger partial charge is 0.346 e. The Balaban J connectivity index is 1.21. The highest BCUT2D eigenvalue weighted by molar-refractivity contribution is 7.12. The standard InChI is InChI=1S/C20H25N3O4S/c1-13-11-15(18-24-9-10-25-18)17(28-13)19-26-12-16(27-19)14-3-7-23(8-4-14)20-21-5-2-6-22-20/h2,5-6,11,14,16,18-19H,3-4,7-10,12H2,1H3. The lowest BCUT2D eigenvalue weighted by molar-refractivity contribution is -0.0779. The van der Waals surface area contributed by atoms with Gasteiger partial charge in [0, 0.05) is 35.9 Å². The summed E-state index contributed by atoms with van der Waals surface area (Å²) >= 11 is 1.71. The summed E-state index contributed by atoms with van der Waals surface area (Å²) in [6.45, 7) is 5.91. The Kier molecular flexibility index (Phi) is 5.30. The average molecular weight is 404 g/mol. The number of anilines is 1. The average Bonchev–Trinajstić information content (AvgIpc) is 3.49. The zero-order valence-corrected chi connectivity index (χ0v) is 16.8. The Hall–Kier alpha value is -1.58. The molecule has 8 heteroatoms. The summed E-state index contributed by atoms with van der Waals surface area (Å²) in [6.07, 6.45) is 5.23. The maximum atomic E-state index is 6.37. The Morgan fingerprint density at radius 3 is 2.54 bits per heavy atom. The molecule has 3 fully saturated rings. The summed E-state index contributed by atoms with van der Waals surface area (Å²) < 4.78 is 23.8. The van der Waals surface area contributed by atoms with Crippen LogP contribution in [0.1, 0.15) is 40.7 Å². The van der Waals surface area contributed by atoms with Gasteiger partial charge in [-0.2, -0.15) is 0 Å². The second-order valence-electron chi connectivity index (χ2n) is 7.46. The van der Waals surface area contributed by atoms with E-state index in [-0.39, 0.29) is 18.7 Å². The molecule has 7 nitrogen and oxygen atoms in total. The van der Waals surface area contributed by atoms with Crippen molar-refractivity contribution in [2.75, 3.05) is 37.8 Å². The van der Waals surface area contributed by atoms with Gasteiger partial charge in [0.1, 0.15) is 0 Å². The molecule has 0 radical (unpaired) electrons. The summed E-state index contributed by atoms with van der Waals surface area (Å²) in [5.74, 6) is 1.31. The molecule has 0 aliphatic carbocycles. The minimum Gasteiger partial charge on any atom is -0.346 e. The van der Waals surface area contributed by atoms with Gasteiger partial charge < -0.3 is 23.8 Å². The molecule has 5 heterocycles. The van der Waals surface area contributed by atoms with Gasteiger partial charge in [0.15, 0.2) is 12.6 Å². The third-order valence-electron chi connectivity index (χ3n) is 5.61. The number of nitrogens with zero attached hydrogens (tertiary/aromatic N) is 3. The van der Waals surface area contributed by atoms with E-state index in [1.54, 1.807) is 23.7 Å². The number of ether oxygens (including phenoxy) is 4. The molecule has 2 atom stereocenters. The maximum Gasteiger partial charge on any atom is 0.225 e. The van der Waals surface area contributed by atoms with E-state index in [1.165, 1.54) is 4.88 Å². The van der Waals surface area contributed by atoms with Crippen molar-refractivity contribution < 1.29 is 18.9 Å². The lowest BCUT2D eigenvalue weighted by Gasteiger charge is -2.33. The Labute approximate surface area is 168 Å². The Morgan fingerprint density at radius 2 is 1.79 bits per heavy atom. The lowest BCUT2D eigenvalue weighted by Crippen LogP contribution is -2.39. The topological polar surface area (TPSA) is 65.9 Å². The molecule has 0 aromatic carbocycles. The van der Waals surface area contributed by atoms with E-state index in [9.17, 15) is 0 Å². The Morgan fingerprint density at radius 1 is 1.04 bits per heavy atom. The predicted molar refractivity (Wildman–Crippen MR) is 104 cm³/mol. The normalized spacial score (nSPS) is 27.0. The van der Waals surface area contributed by atoms with Gasteiger partial charge in [-0.3, -0.25) is 0 Å². The number of aryl methyl sites for hydroxylation is 1. The molecular formula is C20H25N3O4S. The minimum atomic E-state index is -0.318. The van der Waals surface area contributed by atoms with Crippen LogP contribution in [0.25, 0.3) is 0 Å². The quantitative estimate of drug-likeness (QED) is 0.776. The molecule has 28 heavy (non-hydrogen) atoms. The van der Waals surface area contributed by atoms with Crippen LogP contribution in [0, 0.1) is 12.8 Å². The highest BCUT2D eigenvalue weighted by Gasteiger charge is 2.38. The molecule has 2 aromatic rings. The molecule has 2 aromatic heterocycles. The molecular weight excluding hydrogens is 378 g/mol. The maximum absolute atomic E-state index is 6.37. The summed E-state index contributed by atoms with van der Waals surface area (Å²) in [5.41, 5.74) is 1.06. The number of thiophene rings is 1. The second-order valence-corrected chi connectivity index (χ2v) is 8.75. The van der Waals surface area contributed by atoms with Crippen LogP contribution in [-0.2, 0) is 18.9 Å². The molecule has 5 rings (SSSR count). The van der Waals surface area contributed by atoms with Crippen LogP contribution in [0.5, 0.6) is 0 Å². The summed E-state index contributed by atoms with van der Waals surface area (Å²) in [7, 11) is 0. The molecule has 2 unspecified atom stereocenters. The van der Waals surface area contributed by atoms with Gasteiger partial charge in [0.2, 0.25) is 5.95 Å². The first-order valence-corrected chi connectivity index (χ1v) is 10.7. The molecule has 0 N–H and O–H groups in total. The molecule has 0 spiro atoms. The molecule has 0 saturated carbocycles. The third kappa shape index (κ3) is 3.67. The molecule has 3 aliphatic rings. The van der Waals surface area contributed by atoms with Crippen molar-refractivity contribution in [2.24, 2.45) is 5.92 Å². The molecule has 3 aliphatic heterocycles. The van der Waals surface area contributed by atoms with E-state index in [1.807, 2.05) is 6.07 Å². The summed E-state index contributed by atoms with van der Waals surface area (Å²) in [5, 5.41) is 0. The van der Waals surface area contributed by atoms with E-state index in [2.05, 4.69) is 27.9 Å². The number of piperidine rings is 1. The van der Waals surface area contributed by atoms with Crippen LogP contribution < -0.4 is 4.90 Å². The van der Waals surface area contributed by atoms with E-state index in [0.29, 0.717) is 25.7 Å². The SMILES string of the molecule is Cc1cc(C2OCCO2)c(C2OCC(C3CCN(c4ncccn4)CC3)O2)s1. The van der Waals surface area contributed by atoms with Crippen LogP contribution >= 0.6 is 11.3 Å². The Bertz CT molecular complexity index is 788. The van der Waals surface area contributed by atoms with Crippen molar-refractivity contribution in [3.63, 3.8) is 0 Å². The van der Waals surface area contributed by atoms with E-state index < -0.39 is 0 Å².